The molecule has 0 bridgehead atoms. The van der Waals surface area contributed by atoms with E-state index < -0.39 is 0 Å². The average molecular weight is 313 g/mol. The number of carbonyl (C=O) groups excluding carboxylic acids is 1. The molecule has 0 atom stereocenters. The first-order chi connectivity index (χ1) is 10.7. The molecule has 112 valence electrons. The molecular weight excluding hydrogens is 298 g/mol. The van der Waals surface area contributed by atoms with Crippen molar-refractivity contribution in [1.82, 2.24) is 9.78 Å². The molecule has 22 heavy (non-hydrogen) atoms. The van der Waals surface area contributed by atoms with Gasteiger partial charge in [-0.1, -0.05) is 0 Å². The molecule has 1 amide bonds. The Morgan fingerprint density at radius 3 is 3.05 bits per heavy atom. The van der Waals surface area contributed by atoms with E-state index in [2.05, 4.69) is 15.8 Å². The van der Waals surface area contributed by atoms with Gasteiger partial charge in [-0.25, -0.2) is 4.68 Å². The van der Waals surface area contributed by atoms with Crippen LogP contribution in [0.4, 0.5) is 5.82 Å². The number of furan rings is 1. The average Bonchev–Trinajstić information content (AvgIpc) is 3.22. The van der Waals surface area contributed by atoms with Crippen molar-refractivity contribution >= 4 is 29.1 Å². The standard InChI is InChI=1S/C16H15N3O2S/c1-12-2-3-14(21-12)4-5-16(20)18-15-6-8-17-19(15)10-13-7-9-22-11-13/h2-9,11H,10H2,1H3,(H,18,20). The van der Waals surface area contributed by atoms with E-state index in [1.165, 1.54) is 6.08 Å². The molecule has 3 aromatic heterocycles. The van der Waals surface area contributed by atoms with Crippen LogP contribution < -0.4 is 5.32 Å². The van der Waals surface area contributed by atoms with Crippen LogP contribution in [0, 0.1) is 6.92 Å². The Morgan fingerprint density at radius 2 is 2.32 bits per heavy atom. The summed E-state index contributed by atoms with van der Waals surface area (Å²) >= 11 is 1.64. The highest BCUT2D eigenvalue weighted by molar-refractivity contribution is 7.07. The minimum Gasteiger partial charge on any atom is -0.462 e. The van der Waals surface area contributed by atoms with Crippen molar-refractivity contribution in [2.75, 3.05) is 5.32 Å². The largest absolute Gasteiger partial charge is 0.462 e. The van der Waals surface area contributed by atoms with E-state index in [4.69, 9.17) is 4.42 Å². The molecule has 0 saturated carbocycles. The van der Waals surface area contributed by atoms with E-state index in [1.54, 1.807) is 34.4 Å². The zero-order valence-corrected chi connectivity index (χ0v) is 12.8. The fraction of sp³-hybridized carbons (Fsp3) is 0.125. The smallest absolute Gasteiger partial charge is 0.249 e. The molecule has 1 N–H and O–H groups in total. The Labute approximate surface area is 131 Å². The number of carbonyl (C=O) groups is 1. The van der Waals surface area contributed by atoms with Crippen LogP contribution in [0.25, 0.3) is 6.08 Å². The third-order valence-electron chi connectivity index (χ3n) is 3.04. The van der Waals surface area contributed by atoms with Gasteiger partial charge in [-0.15, -0.1) is 0 Å². The molecule has 0 aliphatic carbocycles. The van der Waals surface area contributed by atoms with Gasteiger partial charge >= 0.3 is 0 Å². The van der Waals surface area contributed by atoms with E-state index in [0.29, 0.717) is 18.1 Å². The summed E-state index contributed by atoms with van der Waals surface area (Å²) in [6.07, 6.45) is 4.75. The lowest BCUT2D eigenvalue weighted by Crippen LogP contribution is -2.13. The van der Waals surface area contributed by atoms with Gasteiger partial charge in [0.05, 0.1) is 12.7 Å². The number of anilines is 1. The quantitative estimate of drug-likeness (QED) is 0.733. The number of thiophene rings is 1. The zero-order chi connectivity index (χ0) is 15.4. The summed E-state index contributed by atoms with van der Waals surface area (Å²) in [5, 5.41) is 11.1. The number of hydrogen-bond acceptors (Lipinski definition) is 4. The van der Waals surface area contributed by atoms with Gasteiger partial charge in [0, 0.05) is 12.1 Å². The normalized spacial score (nSPS) is 11.1. The molecule has 0 fully saturated rings. The highest BCUT2D eigenvalue weighted by Crippen LogP contribution is 2.13. The minimum atomic E-state index is -0.221. The number of hydrogen-bond donors (Lipinski definition) is 1. The predicted molar refractivity (Wildman–Crippen MR) is 86.8 cm³/mol. The molecule has 5 nitrogen and oxygen atoms in total. The fourth-order valence-electron chi connectivity index (χ4n) is 1.99. The summed E-state index contributed by atoms with van der Waals surface area (Å²) < 4.78 is 7.13. The zero-order valence-electron chi connectivity index (χ0n) is 12.0. The summed E-state index contributed by atoms with van der Waals surface area (Å²) in [7, 11) is 0. The molecular formula is C16H15N3O2S. The molecule has 3 heterocycles. The number of aryl methyl sites for hydroxylation is 1. The van der Waals surface area contributed by atoms with Gasteiger partial charge in [-0.05, 0) is 47.5 Å². The predicted octanol–water partition coefficient (Wildman–Crippen LogP) is 3.55. The van der Waals surface area contributed by atoms with Gasteiger partial charge in [0.15, 0.2) is 0 Å². The first-order valence-corrected chi connectivity index (χ1v) is 7.73. The van der Waals surface area contributed by atoms with Crippen LogP contribution in [-0.4, -0.2) is 15.7 Å². The second-order valence-electron chi connectivity index (χ2n) is 4.78. The summed E-state index contributed by atoms with van der Waals surface area (Å²) in [5.74, 6) is 1.91. The highest BCUT2D eigenvalue weighted by Gasteiger charge is 2.06. The Morgan fingerprint density at radius 1 is 1.41 bits per heavy atom. The summed E-state index contributed by atoms with van der Waals surface area (Å²) in [5.41, 5.74) is 1.16. The van der Waals surface area contributed by atoms with Crippen molar-refractivity contribution in [3.05, 3.63) is 64.4 Å². The molecule has 3 aromatic rings. The molecule has 3 rings (SSSR count). The van der Waals surface area contributed by atoms with E-state index in [9.17, 15) is 4.79 Å². The molecule has 0 saturated heterocycles. The molecule has 0 unspecified atom stereocenters. The van der Waals surface area contributed by atoms with Crippen molar-refractivity contribution in [1.29, 1.82) is 0 Å². The van der Waals surface area contributed by atoms with Crippen molar-refractivity contribution in [2.45, 2.75) is 13.5 Å². The molecule has 0 aliphatic heterocycles. The lowest BCUT2D eigenvalue weighted by Gasteiger charge is -2.06. The second-order valence-corrected chi connectivity index (χ2v) is 5.56. The van der Waals surface area contributed by atoms with Crippen LogP contribution in [0.3, 0.4) is 0 Å². The number of rotatable bonds is 5. The van der Waals surface area contributed by atoms with Gasteiger partial charge in [0.2, 0.25) is 5.91 Å². The van der Waals surface area contributed by atoms with E-state index in [1.807, 2.05) is 30.5 Å². The van der Waals surface area contributed by atoms with Crippen LogP contribution in [0.2, 0.25) is 0 Å². The SMILES string of the molecule is Cc1ccc(C=CC(=O)Nc2ccnn2Cc2ccsc2)o1. The second kappa shape index (κ2) is 6.44. The number of amides is 1. The van der Waals surface area contributed by atoms with Crippen molar-refractivity contribution in [3.63, 3.8) is 0 Å². The highest BCUT2D eigenvalue weighted by atomic mass is 32.1. The minimum absolute atomic E-state index is 0.221. The van der Waals surface area contributed by atoms with E-state index >= 15 is 0 Å². The van der Waals surface area contributed by atoms with Crippen LogP contribution in [-0.2, 0) is 11.3 Å². The summed E-state index contributed by atoms with van der Waals surface area (Å²) in [4.78, 5) is 12.0. The van der Waals surface area contributed by atoms with E-state index in [-0.39, 0.29) is 5.91 Å². The Hall–Kier alpha value is -2.60. The topological polar surface area (TPSA) is 60.1 Å². The van der Waals surface area contributed by atoms with Gasteiger partial charge in [-0.3, -0.25) is 4.79 Å². The maximum atomic E-state index is 12.0. The maximum Gasteiger partial charge on any atom is 0.249 e. The first kappa shape index (κ1) is 14.3. The monoisotopic (exact) mass is 313 g/mol. The first-order valence-electron chi connectivity index (χ1n) is 6.79. The molecule has 6 heteroatoms. The molecule has 0 radical (unpaired) electrons. The Bertz CT molecular complexity index is 784. The van der Waals surface area contributed by atoms with Crippen molar-refractivity contribution < 1.29 is 9.21 Å². The van der Waals surface area contributed by atoms with Gasteiger partial charge in [0.1, 0.15) is 17.3 Å². The van der Waals surface area contributed by atoms with Crippen molar-refractivity contribution in [2.24, 2.45) is 0 Å². The number of nitrogens with one attached hydrogen (secondary N) is 1. The van der Waals surface area contributed by atoms with Gasteiger partial charge < -0.3 is 9.73 Å². The Kier molecular flexibility index (Phi) is 4.20. The van der Waals surface area contributed by atoms with Crippen LogP contribution >= 0.6 is 11.3 Å². The van der Waals surface area contributed by atoms with Gasteiger partial charge in [0.25, 0.3) is 0 Å². The van der Waals surface area contributed by atoms with Crippen molar-refractivity contribution in [3.8, 4) is 0 Å². The summed E-state index contributed by atoms with van der Waals surface area (Å²) in [6.45, 7) is 2.49. The molecule has 0 aliphatic rings. The third kappa shape index (κ3) is 3.53. The van der Waals surface area contributed by atoms with Crippen LogP contribution in [0.5, 0.6) is 0 Å². The van der Waals surface area contributed by atoms with Crippen LogP contribution in [0.15, 0.2) is 51.7 Å². The van der Waals surface area contributed by atoms with Gasteiger partial charge in [-0.2, -0.15) is 16.4 Å². The lowest BCUT2D eigenvalue weighted by atomic mass is 10.3. The van der Waals surface area contributed by atoms with Crippen LogP contribution in [0.1, 0.15) is 17.1 Å². The number of nitrogens with zero attached hydrogens (tertiary/aromatic N) is 2. The van der Waals surface area contributed by atoms with E-state index in [0.717, 1.165) is 11.3 Å². The summed E-state index contributed by atoms with van der Waals surface area (Å²) in [6, 6.07) is 7.49. The molecule has 0 spiro atoms. The third-order valence-corrected chi connectivity index (χ3v) is 3.77. The number of aromatic nitrogens is 2. The lowest BCUT2D eigenvalue weighted by molar-refractivity contribution is -0.111. The maximum absolute atomic E-state index is 12.0. The Balaban J connectivity index is 1.64. The molecule has 0 aromatic carbocycles. The fourth-order valence-corrected chi connectivity index (χ4v) is 2.65.